The number of likely N-dealkylation sites (tertiary alicyclic amines) is 1. The first kappa shape index (κ1) is 79.8. The van der Waals surface area contributed by atoms with Crippen molar-refractivity contribution < 1.29 is 79.5 Å². The van der Waals surface area contributed by atoms with Crippen molar-refractivity contribution >= 4 is 82.5 Å². The monoisotopic (exact) mass is 1410 g/mol. The number of nitrogens with zero attached hydrogens (tertiary/aromatic N) is 9. The number of amides is 12. The van der Waals surface area contributed by atoms with Gasteiger partial charge in [-0.25, -0.2) is 8.78 Å². The quantitative estimate of drug-likeness (QED) is 0.231. The third-order valence-corrected chi connectivity index (χ3v) is 20.9. The third-order valence-electron chi connectivity index (χ3n) is 20.5. The topological polar surface area (TPSA) is 270 Å². The van der Waals surface area contributed by atoms with Crippen molar-refractivity contribution in [2.24, 2.45) is 17.8 Å². The average molecular weight is 1410 g/mol. The van der Waals surface area contributed by atoms with Crippen molar-refractivity contribution in [3.8, 4) is 0 Å². The minimum absolute atomic E-state index is 0.0207. The lowest BCUT2D eigenvalue weighted by molar-refractivity contribution is -0.160. The van der Waals surface area contributed by atoms with Gasteiger partial charge < -0.3 is 60.0 Å². The smallest absolute Gasteiger partial charge is 0.343 e. The van der Waals surface area contributed by atoms with Crippen LogP contribution in [0.1, 0.15) is 162 Å². The molecule has 4 saturated heterocycles. The molecular weight excluding hydrogens is 1310 g/mol. The van der Waals surface area contributed by atoms with E-state index in [1.807, 2.05) is 13.8 Å². The molecule has 3 N–H and O–H groups in total. The second-order valence-electron chi connectivity index (χ2n) is 28.2. The zero-order valence-corrected chi connectivity index (χ0v) is 59.7. The van der Waals surface area contributed by atoms with Crippen LogP contribution < -0.4 is 16.0 Å². The molecule has 548 valence electrons. The highest BCUT2D eigenvalue weighted by molar-refractivity contribution is 6.31. The Bertz CT molecular complexity index is 3090. The van der Waals surface area contributed by atoms with E-state index in [1.165, 1.54) is 73.7 Å². The fourth-order valence-electron chi connectivity index (χ4n) is 14.1. The molecule has 1 aliphatic carbocycles. The van der Waals surface area contributed by atoms with E-state index in [1.54, 1.807) is 32.6 Å². The number of halogens is 6. The van der Waals surface area contributed by atoms with Gasteiger partial charge in [-0.1, -0.05) is 78.5 Å². The second kappa shape index (κ2) is 34.2. The molecule has 1 spiro atoms. The molecule has 0 radical (unpaired) electrons. The van der Waals surface area contributed by atoms with Crippen molar-refractivity contribution in [1.82, 2.24) is 60.0 Å². The van der Waals surface area contributed by atoms with Crippen molar-refractivity contribution in [3.05, 3.63) is 34.3 Å². The van der Waals surface area contributed by atoms with Crippen LogP contribution in [0.25, 0.3) is 0 Å². The molecule has 98 heavy (non-hydrogen) atoms. The van der Waals surface area contributed by atoms with Crippen LogP contribution in [-0.4, -0.2) is 256 Å². The molecule has 30 heteroatoms. The summed E-state index contributed by atoms with van der Waals surface area (Å²) in [6, 6.07) is -9.17. The standard InChI is InChI=1S/C68H102ClF5N12O12/c1-14-41(6)55-64(96)79(9)42(7)59(91)86-34-28-49(86)62(94)81(11)48(26-27-52(70)71)61(93)78(8)38-53(87)75-46(25-23-43-22-24-44(45(69)36-43)68(72,73)74)60(92)85-33-20-21-47(85)58(90)77-67(29-16-17-30-67)66(98)83(13)56(40(4)5)65(97)82(12)51(63(95)84-31-18-15-19-32-84)37-54(88)80(10)50(35-39(2)3)57(89)76-55/h22,24,36,39-42,46-52,55-56H,14-21,23,25-35,37-38H2,1-13H3,(H,75,87)(H,76,89)(H,77,90)/t41-,42-,46-,47-,48-,49-,50-,51-,55-,56-/m0/s1. The SMILES string of the molecule is CC[C@H](C)[C@@H]1NC(=O)[C@H](CC(C)C)N(C)C(=O)C[C@@H](C(=O)N2CCCCC2)N(C)C(=O)[C@H](C(C)C)N(C)C(=O)C2(CCCC2)NC(=O)[C@@H]2CCCN2C(=O)[C@H](CCc2ccc(C(F)(F)F)c(Cl)c2)NC(=O)CN(C)C(=O)[C@H](CCC(F)F)N(C)C(=O)[C@@H]2CCN2C(=O)[C@H](C)N(C)C1=O. The third kappa shape index (κ3) is 18.8. The predicted molar refractivity (Wildman–Crippen MR) is 353 cm³/mol. The summed E-state index contributed by atoms with van der Waals surface area (Å²) < 4.78 is 69.5. The number of aryl methyl sites for hydroxylation is 1. The minimum Gasteiger partial charge on any atom is -0.343 e. The van der Waals surface area contributed by atoms with Crippen molar-refractivity contribution in [2.45, 2.75) is 230 Å². The van der Waals surface area contributed by atoms with Crippen LogP contribution in [0.5, 0.6) is 0 Å². The number of hydrogen-bond donors (Lipinski definition) is 3. The molecule has 0 unspecified atom stereocenters. The Morgan fingerprint density at radius 1 is 0.663 bits per heavy atom. The molecule has 5 aliphatic rings. The van der Waals surface area contributed by atoms with E-state index >= 15 is 14.4 Å². The van der Waals surface area contributed by atoms with Gasteiger partial charge in [-0.15, -0.1) is 0 Å². The van der Waals surface area contributed by atoms with Gasteiger partial charge in [0.2, 0.25) is 77.3 Å². The summed E-state index contributed by atoms with van der Waals surface area (Å²) in [5.41, 5.74) is -2.51. The maximum Gasteiger partial charge on any atom is 0.417 e. The van der Waals surface area contributed by atoms with Gasteiger partial charge in [0.1, 0.15) is 59.9 Å². The lowest BCUT2D eigenvalue weighted by Gasteiger charge is -2.45. The van der Waals surface area contributed by atoms with Gasteiger partial charge in [0.25, 0.3) is 0 Å². The number of carbonyl (C=O) groups is 12. The van der Waals surface area contributed by atoms with E-state index in [2.05, 4.69) is 16.0 Å². The van der Waals surface area contributed by atoms with Crippen LogP contribution in [0.15, 0.2) is 18.2 Å². The zero-order valence-electron chi connectivity index (χ0n) is 59.0. The molecule has 4 aliphatic heterocycles. The van der Waals surface area contributed by atoms with Gasteiger partial charge in [-0.05, 0) is 119 Å². The van der Waals surface area contributed by atoms with Gasteiger partial charge in [0, 0.05) is 74.9 Å². The van der Waals surface area contributed by atoms with Crippen LogP contribution in [-0.2, 0) is 70.1 Å². The number of fused-ring (bicyclic) bond motifs is 2. The molecule has 0 aromatic heterocycles. The van der Waals surface area contributed by atoms with E-state index in [4.69, 9.17) is 11.6 Å². The fourth-order valence-corrected chi connectivity index (χ4v) is 14.4. The maximum atomic E-state index is 15.4. The molecule has 5 fully saturated rings. The summed E-state index contributed by atoms with van der Waals surface area (Å²) in [6.45, 7) is 11.9. The van der Waals surface area contributed by atoms with Crippen molar-refractivity contribution in [3.63, 3.8) is 0 Å². The van der Waals surface area contributed by atoms with Crippen LogP contribution >= 0.6 is 11.6 Å². The Balaban J connectivity index is 1.43. The number of hydrogen-bond acceptors (Lipinski definition) is 12. The number of carbonyl (C=O) groups excluding carboxylic acids is 12. The first-order chi connectivity index (χ1) is 45.9. The molecule has 4 heterocycles. The summed E-state index contributed by atoms with van der Waals surface area (Å²) in [4.78, 5) is 188. The summed E-state index contributed by atoms with van der Waals surface area (Å²) in [5.74, 6) is -10.4. The number of rotatable bonds is 12. The van der Waals surface area contributed by atoms with Crippen LogP contribution in [0.4, 0.5) is 22.0 Å². The van der Waals surface area contributed by atoms with Crippen LogP contribution in [0, 0.1) is 17.8 Å². The Kier molecular flexibility index (Phi) is 27.9. The van der Waals surface area contributed by atoms with E-state index in [0.29, 0.717) is 45.2 Å². The fraction of sp³-hybridized carbons (Fsp3) is 0.735. The molecular formula is C68H102ClF5N12O12. The molecule has 1 saturated carbocycles. The lowest BCUT2D eigenvalue weighted by Crippen LogP contribution is -2.65. The van der Waals surface area contributed by atoms with Gasteiger partial charge >= 0.3 is 6.18 Å². The molecule has 10 atom stereocenters. The van der Waals surface area contributed by atoms with E-state index in [-0.39, 0.29) is 75.9 Å². The van der Waals surface area contributed by atoms with Gasteiger partial charge in [0.05, 0.1) is 23.6 Å². The highest BCUT2D eigenvalue weighted by Crippen LogP contribution is 2.37. The van der Waals surface area contributed by atoms with E-state index in [0.717, 1.165) is 39.3 Å². The van der Waals surface area contributed by atoms with Crippen molar-refractivity contribution in [1.29, 1.82) is 0 Å². The summed E-state index contributed by atoms with van der Waals surface area (Å²) in [7, 11) is 7.91. The highest BCUT2D eigenvalue weighted by Gasteiger charge is 2.51. The molecule has 6 rings (SSSR count). The molecule has 1 aromatic rings. The van der Waals surface area contributed by atoms with Crippen molar-refractivity contribution in [2.75, 3.05) is 75.0 Å². The Labute approximate surface area is 577 Å². The largest absolute Gasteiger partial charge is 0.417 e. The van der Waals surface area contributed by atoms with E-state index in [9.17, 15) is 65.1 Å². The summed E-state index contributed by atoms with van der Waals surface area (Å²) in [6.07, 6.45) is -6.07. The Hall–Kier alpha value is -7.20. The van der Waals surface area contributed by atoms with Gasteiger partial charge in [-0.2, -0.15) is 13.2 Å². The number of nitrogens with one attached hydrogen (secondary N) is 3. The molecule has 1 aromatic carbocycles. The Morgan fingerprint density at radius 3 is 1.86 bits per heavy atom. The van der Waals surface area contributed by atoms with Crippen LogP contribution in [0.3, 0.4) is 0 Å². The highest BCUT2D eigenvalue weighted by atomic mass is 35.5. The number of alkyl halides is 5. The number of likely N-dealkylation sites (N-methyl/N-ethyl adjacent to an activating group) is 6. The number of piperidine rings is 1. The predicted octanol–water partition coefficient (Wildman–Crippen LogP) is 5.10. The molecule has 0 bridgehead atoms. The van der Waals surface area contributed by atoms with Crippen LogP contribution in [0.2, 0.25) is 5.02 Å². The average Bonchev–Trinajstić information content (AvgIpc) is 1.28. The summed E-state index contributed by atoms with van der Waals surface area (Å²) >= 11 is 6.09. The van der Waals surface area contributed by atoms with Gasteiger partial charge in [-0.3, -0.25) is 57.5 Å². The maximum absolute atomic E-state index is 15.4. The first-order valence-corrected chi connectivity index (χ1v) is 34.8. The summed E-state index contributed by atoms with van der Waals surface area (Å²) in [5, 5.41) is 7.83. The second-order valence-corrected chi connectivity index (χ2v) is 28.6. The minimum atomic E-state index is -4.80. The number of benzene rings is 1. The normalized spacial score (nSPS) is 27.1. The molecule has 24 nitrogen and oxygen atoms in total. The zero-order chi connectivity index (χ0) is 73.2. The van der Waals surface area contributed by atoms with Gasteiger partial charge in [0.15, 0.2) is 0 Å². The van der Waals surface area contributed by atoms with E-state index < -0.39 is 192 Å². The molecule has 12 amide bonds. The Morgan fingerprint density at radius 2 is 1.30 bits per heavy atom. The lowest BCUT2D eigenvalue weighted by atomic mass is 9.91. The first-order valence-electron chi connectivity index (χ1n) is 34.4.